The second-order valence-corrected chi connectivity index (χ2v) is 9.68. The van der Waals surface area contributed by atoms with Gasteiger partial charge >= 0.3 is 0 Å². The number of halogens is 1. The number of piperidine rings is 1. The van der Waals surface area contributed by atoms with E-state index in [1.165, 1.54) is 19.3 Å². The van der Waals surface area contributed by atoms with Crippen LogP contribution in [0.15, 0.2) is 0 Å². The molecule has 8 heteroatoms. The number of hydrogen-bond acceptors (Lipinski definition) is 4. The molecule has 0 aromatic carbocycles. The molecule has 1 heterocycles. The van der Waals surface area contributed by atoms with Gasteiger partial charge in [-0.05, 0) is 38.0 Å². The summed E-state index contributed by atoms with van der Waals surface area (Å²) in [5.41, 5.74) is 5.90. The maximum atomic E-state index is 12.6. The normalized spacial score (nSPS) is 21.8. The van der Waals surface area contributed by atoms with Gasteiger partial charge < -0.3 is 11.1 Å². The van der Waals surface area contributed by atoms with Crippen molar-refractivity contribution in [2.45, 2.75) is 70.8 Å². The standard InChI is InChI=1S/C18H35N3O3S.ClH/c1-2-3-13-25(23,24)21-11-9-16(10-12-21)18(22)20-17(14-19)15-7-5-4-6-8-15;/h15-17H,2-14,19H2,1H3,(H,20,22);1H. The molecule has 0 radical (unpaired) electrons. The summed E-state index contributed by atoms with van der Waals surface area (Å²) in [6.07, 6.45) is 8.83. The molecule has 1 saturated carbocycles. The zero-order chi connectivity index (χ0) is 18.3. The Morgan fingerprint density at radius 2 is 1.77 bits per heavy atom. The molecule has 26 heavy (non-hydrogen) atoms. The van der Waals surface area contributed by atoms with Gasteiger partial charge in [-0.15, -0.1) is 12.4 Å². The number of carbonyl (C=O) groups excluding carboxylic acids is 1. The van der Waals surface area contributed by atoms with E-state index in [-0.39, 0.29) is 36.0 Å². The Morgan fingerprint density at radius 3 is 2.31 bits per heavy atom. The summed E-state index contributed by atoms with van der Waals surface area (Å²) in [6.45, 7) is 3.40. The van der Waals surface area contributed by atoms with Crippen molar-refractivity contribution in [3.8, 4) is 0 Å². The average Bonchev–Trinajstić information content (AvgIpc) is 2.65. The van der Waals surface area contributed by atoms with E-state index in [1.807, 2.05) is 6.92 Å². The van der Waals surface area contributed by atoms with Crippen LogP contribution in [0.5, 0.6) is 0 Å². The highest BCUT2D eigenvalue weighted by Gasteiger charge is 2.32. The van der Waals surface area contributed by atoms with Crippen molar-refractivity contribution >= 4 is 28.3 Å². The number of nitrogens with zero attached hydrogens (tertiary/aromatic N) is 1. The van der Waals surface area contributed by atoms with Gasteiger partial charge in [0.05, 0.1) is 5.75 Å². The zero-order valence-corrected chi connectivity index (χ0v) is 17.6. The summed E-state index contributed by atoms with van der Waals surface area (Å²) >= 11 is 0. The highest BCUT2D eigenvalue weighted by molar-refractivity contribution is 7.89. The number of nitrogens with one attached hydrogen (secondary N) is 1. The van der Waals surface area contributed by atoms with Crippen LogP contribution in [0.1, 0.15) is 64.7 Å². The molecular weight excluding hydrogens is 374 g/mol. The molecule has 1 unspecified atom stereocenters. The Morgan fingerprint density at radius 1 is 1.15 bits per heavy atom. The van der Waals surface area contributed by atoms with Gasteiger partial charge in [-0.3, -0.25) is 4.79 Å². The van der Waals surface area contributed by atoms with Gasteiger partial charge in [-0.1, -0.05) is 32.6 Å². The molecule has 1 amide bonds. The summed E-state index contributed by atoms with van der Waals surface area (Å²) in [4.78, 5) is 12.6. The molecule has 2 fully saturated rings. The smallest absolute Gasteiger partial charge is 0.223 e. The first kappa shape index (κ1) is 23.7. The predicted molar refractivity (Wildman–Crippen MR) is 108 cm³/mol. The molecular formula is C18H36ClN3O3S. The van der Waals surface area contributed by atoms with Crippen molar-refractivity contribution in [2.24, 2.45) is 17.6 Å². The van der Waals surface area contributed by atoms with Gasteiger partial charge in [0.1, 0.15) is 0 Å². The highest BCUT2D eigenvalue weighted by atomic mass is 35.5. The van der Waals surface area contributed by atoms with Crippen molar-refractivity contribution in [1.82, 2.24) is 9.62 Å². The number of unbranched alkanes of at least 4 members (excludes halogenated alkanes) is 1. The first-order valence-electron chi connectivity index (χ1n) is 9.96. The van der Waals surface area contributed by atoms with Crippen molar-refractivity contribution < 1.29 is 13.2 Å². The Labute approximate surface area is 165 Å². The first-order valence-corrected chi connectivity index (χ1v) is 11.6. The van der Waals surface area contributed by atoms with Crippen LogP contribution in [0.2, 0.25) is 0 Å². The van der Waals surface area contributed by atoms with Gasteiger partial charge in [-0.25, -0.2) is 12.7 Å². The van der Waals surface area contributed by atoms with Crippen molar-refractivity contribution in [1.29, 1.82) is 0 Å². The molecule has 1 saturated heterocycles. The summed E-state index contributed by atoms with van der Waals surface area (Å²) in [6, 6.07) is 0.0686. The number of carbonyl (C=O) groups is 1. The molecule has 154 valence electrons. The summed E-state index contributed by atoms with van der Waals surface area (Å²) < 4.78 is 26.1. The third-order valence-corrected chi connectivity index (χ3v) is 7.73. The van der Waals surface area contributed by atoms with Crippen LogP contribution in [0.25, 0.3) is 0 Å². The Balaban J connectivity index is 0.00000338. The van der Waals surface area contributed by atoms with E-state index in [4.69, 9.17) is 5.73 Å². The van der Waals surface area contributed by atoms with E-state index >= 15 is 0 Å². The van der Waals surface area contributed by atoms with E-state index in [2.05, 4.69) is 5.32 Å². The summed E-state index contributed by atoms with van der Waals surface area (Å²) in [5.74, 6) is 0.691. The lowest BCUT2D eigenvalue weighted by Gasteiger charge is -2.34. The first-order chi connectivity index (χ1) is 12.0. The van der Waals surface area contributed by atoms with E-state index in [1.54, 1.807) is 4.31 Å². The van der Waals surface area contributed by atoms with Crippen LogP contribution in [-0.2, 0) is 14.8 Å². The van der Waals surface area contributed by atoms with Crippen LogP contribution in [0, 0.1) is 11.8 Å². The molecule has 0 bridgehead atoms. The van der Waals surface area contributed by atoms with Gasteiger partial charge in [0.25, 0.3) is 0 Å². The second-order valence-electron chi connectivity index (χ2n) is 7.59. The number of hydrogen-bond donors (Lipinski definition) is 2. The fourth-order valence-electron chi connectivity index (χ4n) is 4.06. The number of rotatable bonds is 8. The Kier molecular flexibility index (Phi) is 10.4. The largest absolute Gasteiger partial charge is 0.352 e. The van der Waals surface area contributed by atoms with Gasteiger partial charge in [0.15, 0.2) is 0 Å². The Bertz CT molecular complexity index is 516. The van der Waals surface area contributed by atoms with Crippen molar-refractivity contribution in [3.63, 3.8) is 0 Å². The SMILES string of the molecule is CCCCS(=O)(=O)N1CCC(C(=O)NC(CN)C2CCCCC2)CC1.Cl. The molecule has 1 aliphatic heterocycles. The van der Waals surface area contributed by atoms with E-state index in [0.29, 0.717) is 44.8 Å². The second kappa shape index (κ2) is 11.5. The minimum atomic E-state index is -3.16. The van der Waals surface area contributed by atoms with Crippen molar-refractivity contribution in [3.05, 3.63) is 0 Å². The number of sulfonamides is 1. The minimum absolute atomic E-state index is 0. The highest BCUT2D eigenvalue weighted by Crippen LogP contribution is 2.27. The maximum Gasteiger partial charge on any atom is 0.223 e. The Hall–Kier alpha value is -0.370. The molecule has 2 aliphatic rings. The van der Waals surface area contributed by atoms with Crippen LogP contribution in [-0.4, -0.2) is 50.1 Å². The van der Waals surface area contributed by atoms with Gasteiger partial charge in [0, 0.05) is 31.6 Å². The fourth-order valence-corrected chi connectivity index (χ4v) is 5.74. The number of nitrogens with two attached hydrogens (primary N) is 1. The third-order valence-electron chi connectivity index (χ3n) is 5.77. The third kappa shape index (κ3) is 6.66. The molecule has 0 aromatic rings. The van der Waals surface area contributed by atoms with Crippen LogP contribution in [0.4, 0.5) is 0 Å². The monoisotopic (exact) mass is 409 g/mol. The molecule has 0 spiro atoms. The minimum Gasteiger partial charge on any atom is -0.352 e. The lowest BCUT2D eigenvalue weighted by molar-refractivity contribution is -0.127. The molecule has 2 rings (SSSR count). The summed E-state index contributed by atoms with van der Waals surface area (Å²) in [5, 5.41) is 3.16. The quantitative estimate of drug-likeness (QED) is 0.643. The summed E-state index contributed by atoms with van der Waals surface area (Å²) in [7, 11) is -3.16. The van der Waals surface area contributed by atoms with E-state index in [9.17, 15) is 13.2 Å². The lowest BCUT2D eigenvalue weighted by atomic mass is 9.83. The molecule has 1 aliphatic carbocycles. The molecule has 1 atom stereocenters. The molecule has 3 N–H and O–H groups in total. The van der Waals surface area contributed by atoms with Crippen LogP contribution >= 0.6 is 12.4 Å². The van der Waals surface area contributed by atoms with Gasteiger partial charge in [-0.2, -0.15) is 0 Å². The predicted octanol–water partition coefficient (Wildman–Crippen LogP) is 2.27. The zero-order valence-electron chi connectivity index (χ0n) is 16.0. The van der Waals surface area contributed by atoms with Gasteiger partial charge in [0.2, 0.25) is 15.9 Å². The van der Waals surface area contributed by atoms with Crippen LogP contribution in [0.3, 0.4) is 0 Å². The number of amides is 1. The van der Waals surface area contributed by atoms with E-state index in [0.717, 1.165) is 19.3 Å². The maximum absolute atomic E-state index is 12.6. The van der Waals surface area contributed by atoms with Crippen LogP contribution < -0.4 is 11.1 Å². The molecule has 0 aromatic heterocycles. The van der Waals surface area contributed by atoms with Crippen molar-refractivity contribution in [2.75, 3.05) is 25.4 Å². The topological polar surface area (TPSA) is 92.5 Å². The lowest BCUT2D eigenvalue weighted by Crippen LogP contribution is -2.50. The fraction of sp³-hybridized carbons (Fsp3) is 0.944. The molecule has 6 nitrogen and oxygen atoms in total. The average molecular weight is 410 g/mol. The van der Waals surface area contributed by atoms with E-state index < -0.39 is 10.0 Å².